The molecule has 1 aromatic heterocycles. The average Bonchev–Trinajstić information content (AvgIpc) is 3.27. The Morgan fingerprint density at radius 1 is 1.18 bits per heavy atom. The number of halogens is 1. The molecule has 0 saturated heterocycles. The fraction of sp³-hybridized carbons (Fsp3) is 0.273. The number of amides is 1. The van der Waals surface area contributed by atoms with Gasteiger partial charge in [-0.05, 0) is 48.2 Å². The molecule has 0 unspecified atom stereocenters. The number of benzene rings is 2. The van der Waals surface area contributed by atoms with Gasteiger partial charge in [0.2, 0.25) is 5.91 Å². The first-order chi connectivity index (χ1) is 13.5. The Kier molecular flexibility index (Phi) is 5.09. The van der Waals surface area contributed by atoms with Crippen molar-refractivity contribution in [2.24, 2.45) is 0 Å². The summed E-state index contributed by atoms with van der Waals surface area (Å²) in [7, 11) is 0. The van der Waals surface area contributed by atoms with Crippen molar-refractivity contribution in [2.75, 3.05) is 6.61 Å². The van der Waals surface area contributed by atoms with E-state index in [1.807, 2.05) is 32.0 Å². The van der Waals surface area contributed by atoms with Crippen molar-refractivity contribution in [2.45, 2.75) is 33.4 Å². The molecule has 2 aromatic carbocycles. The van der Waals surface area contributed by atoms with E-state index in [9.17, 15) is 4.79 Å². The molecule has 0 bridgehead atoms. The van der Waals surface area contributed by atoms with Gasteiger partial charge in [-0.15, -0.1) is 0 Å². The van der Waals surface area contributed by atoms with Crippen molar-refractivity contribution in [3.8, 4) is 16.9 Å². The lowest BCUT2D eigenvalue weighted by Crippen LogP contribution is -2.27. The van der Waals surface area contributed by atoms with Crippen LogP contribution in [0.5, 0.6) is 5.75 Å². The zero-order valence-corrected chi connectivity index (χ0v) is 16.7. The average molecular weight is 396 g/mol. The van der Waals surface area contributed by atoms with Gasteiger partial charge in [-0.1, -0.05) is 41.9 Å². The number of rotatable bonds is 5. The van der Waals surface area contributed by atoms with Crippen LogP contribution in [0.2, 0.25) is 5.02 Å². The summed E-state index contributed by atoms with van der Waals surface area (Å²) in [6.45, 7) is 5.10. The number of hydrogen-bond donors (Lipinski definition) is 1. The number of aromatic nitrogens is 2. The summed E-state index contributed by atoms with van der Waals surface area (Å²) in [6.07, 6.45) is 0.966. The van der Waals surface area contributed by atoms with Crippen LogP contribution in [0.1, 0.15) is 22.5 Å². The molecule has 3 aromatic rings. The predicted molar refractivity (Wildman–Crippen MR) is 110 cm³/mol. The van der Waals surface area contributed by atoms with Gasteiger partial charge in [0, 0.05) is 13.0 Å². The third-order valence-corrected chi connectivity index (χ3v) is 5.60. The maximum Gasteiger partial charge on any atom is 0.242 e. The van der Waals surface area contributed by atoms with E-state index in [1.54, 1.807) is 4.68 Å². The number of fused-ring (bicyclic) bond motifs is 1. The molecule has 1 aliphatic heterocycles. The number of nitrogens with one attached hydrogen (secondary N) is 1. The highest BCUT2D eigenvalue weighted by Gasteiger charge is 2.13. The van der Waals surface area contributed by atoms with E-state index in [4.69, 9.17) is 16.3 Å². The molecule has 0 spiro atoms. The van der Waals surface area contributed by atoms with Crippen LogP contribution in [0.15, 0.2) is 42.5 Å². The van der Waals surface area contributed by atoms with Crippen LogP contribution in [-0.2, 0) is 24.3 Å². The molecule has 4 rings (SSSR count). The molecular formula is C22H22ClN3O2. The lowest BCUT2D eigenvalue weighted by Gasteiger charge is -2.09. The number of nitrogens with zero attached hydrogens (tertiary/aromatic N) is 2. The highest BCUT2D eigenvalue weighted by molar-refractivity contribution is 6.31. The van der Waals surface area contributed by atoms with Crippen LogP contribution in [0.4, 0.5) is 0 Å². The summed E-state index contributed by atoms with van der Waals surface area (Å²) < 4.78 is 7.20. The zero-order chi connectivity index (χ0) is 19.7. The molecule has 1 N–H and O–H groups in total. The fourth-order valence-electron chi connectivity index (χ4n) is 3.40. The lowest BCUT2D eigenvalue weighted by atomic mass is 10.0. The second-order valence-corrected chi connectivity index (χ2v) is 7.42. The molecule has 2 heterocycles. The Balaban J connectivity index is 1.37. The normalized spacial score (nSPS) is 12.5. The maximum absolute atomic E-state index is 12.2. The minimum absolute atomic E-state index is 0.0926. The summed E-state index contributed by atoms with van der Waals surface area (Å²) in [5.74, 6) is 0.900. The van der Waals surface area contributed by atoms with Crippen molar-refractivity contribution >= 4 is 17.5 Å². The van der Waals surface area contributed by atoms with E-state index in [1.165, 1.54) is 11.1 Å². The number of carbonyl (C=O) groups excluding carboxylic acids is 1. The van der Waals surface area contributed by atoms with E-state index in [2.05, 4.69) is 34.7 Å². The summed E-state index contributed by atoms with van der Waals surface area (Å²) in [5, 5.41) is 7.84. The Morgan fingerprint density at radius 2 is 1.93 bits per heavy atom. The topological polar surface area (TPSA) is 56.2 Å². The van der Waals surface area contributed by atoms with Gasteiger partial charge in [-0.3, -0.25) is 9.48 Å². The van der Waals surface area contributed by atoms with Gasteiger partial charge >= 0.3 is 0 Å². The van der Waals surface area contributed by atoms with Crippen molar-refractivity contribution in [1.82, 2.24) is 15.1 Å². The van der Waals surface area contributed by atoms with Gasteiger partial charge in [-0.2, -0.15) is 5.10 Å². The molecule has 0 saturated carbocycles. The van der Waals surface area contributed by atoms with Crippen molar-refractivity contribution in [1.29, 1.82) is 0 Å². The first-order valence-corrected chi connectivity index (χ1v) is 9.70. The molecular weight excluding hydrogens is 374 g/mol. The highest BCUT2D eigenvalue weighted by Crippen LogP contribution is 2.30. The SMILES string of the molecule is Cc1nn(CC(=O)NCc2ccc(-c3ccc4c(c3)CCO4)cc2)c(C)c1Cl. The standard InChI is InChI=1S/C22H22ClN3O2/c1-14-22(23)15(2)26(25-14)13-21(27)24-12-16-3-5-17(6-4-16)18-7-8-20-19(11-18)9-10-28-20/h3-8,11H,9-10,12-13H2,1-2H3,(H,24,27). The van der Waals surface area contributed by atoms with Crippen LogP contribution in [0, 0.1) is 13.8 Å². The molecule has 28 heavy (non-hydrogen) atoms. The van der Waals surface area contributed by atoms with Gasteiger partial charge in [0.1, 0.15) is 12.3 Å². The molecule has 6 heteroatoms. The molecule has 0 fully saturated rings. The Bertz CT molecular complexity index is 1030. The zero-order valence-electron chi connectivity index (χ0n) is 16.0. The van der Waals surface area contributed by atoms with Crippen LogP contribution in [-0.4, -0.2) is 22.3 Å². The van der Waals surface area contributed by atoms with Crippen LogP contribution in [0.25, 0.3) is 11.1 Å². The first-order valence-electron chi connectivity index (χ1n) is 9.32. The molecule has 1 aliphatic rings. The number of ether oxygens (including phenoxy) is 1. The molecule has 0 atom stereocenters. The number of aryl methyl sites for hydroxylation is 1. The molecule has 0 aliphatic carbocycles. The number of hydrogen-bond acceptors (Lipinski definition) is 3. The largest absolute Gasteiger partial charge is 0.493 e. The second-order valence-electron chi connectivity index (χ2n) is 7.04. The van der Waals surface area contributed by atoms with Crippen LogP contribution in [0.3, 0.4) is 0 Å². The number of carbonyl (C=O) groups is 1. The predicted octanol–water partition coefficient (Wildman–Crippen LogP) is 4.07. The smallest absolute Gasteiger partial charge is 0.242 e. The monoisotopic (exact) mass is 395 g/mol. The highest BCUT2D eigenvalue weighted by atomic mass is 35.5. The minimum atomic E-state index is -0.0926. The molecule has 1 amide bonds. The van der Waals surface area contributed by atoms with E-state index < -0.39 is 0 Å². The van der Waals surface area contributed by atoms with E-state index >= 15 is 0 Å². The first kappa shape index (κ1) is 18.6. The Labute approximate surface area is 169 Å². The van der Waals surface area contributed by atoms with E-state index in [-0.39, 0.29) is 12.5 Å². The Hall–Kier alpha value is -2.79. The molecule has 5 nitrogen and oxygen atoms in total. The third-order valence-electron chi connectivity index (χ3n) is 5.05. The van der Waals surface area contributed by atoms with Crippen molar-refractivity contribution < 1.29 is 9.53 Å². The summed E-state index contributed by atoms with van der Waals surface area (Å²) in [5.41, 5.74) is 6.19. The molecule has 144 valence electrons. The van der Waals surface area contributed by atoms with E-state index in [0.717, 1.165) is 41.3 Å². The second kappa shape index (κ2) is 7.68. The summed E-state index contributed by atoms with van der Waals surface area (Å²) in [6, 6.07) is 14.6. The van der Waals surface area contributed by atoms with Gasteiger partial charge < -0.3 is 10.1 Å². The minimum Gasteiger partial charge on any atom is -0.493 e. The lowest BCUT2D eigenvalue weighted by molar-refractivity contribution is -0.122. The van der Waals surface area contributed by atoms with E-state index in [0.29, 0.717) is 11.6 Å². The fourth-order valence-corrected chi connectivity index (χ4v) is 3.54. The van der Waals surface area contributed by atoms with Crippen molar-refractivity contribution in [3.05, 3.63) is 70.0 Å². The van der Waals surface area contributed by atoms with Crippen molar-refractivity contribution in [3.63, 3.8) is 0 Å². The van der Waals surface area contributed by atoms with Crippen LogP contribution < -0.4 is 10.1 Å². The van der Waals surface area contributed by atoms with Gasteiger partial charge in [0.15, 0.2) is 0 Å². The van der Waals surface area contributed by atoms with Gasteiger partial charge in [0.05, 0.1) is 23.0 Å². The summed E-state index contributed by atoms with van der Waals surface area (Å²) >= 11 is 6.13. The van der Waals surface area contributed by atoms with Crippen LogP contribution >= 0.6 is 11.6 Å². The third kappa shape index (κ3) is 3.76. The molecule has 0 radical (unpaired) electrons. The maximum atomic E-state index is 12.2. The van der Waals surface area contributed by atoms with Gasteiger partial charge in [-0.25, -0.2) is 0 Å². The van der Waals surface area contributed by atoms with Gasteiger partial charge in [0.25, 0.3) is 0 Å². The quantitative estimate of drug-likeness (QED) is 0.708. The summed E-state index contributed by atoms with van der Waals surface area (Å²) in [4.78, 5) is 12.2. The Morgan fingerprint density at radius 3 is 2.64 bits per heavy atom.